The van der Waals surface area contributed by atoms with Crippen molar-refractivity contribution in [1.29, 1.82) is 0 Å². The summed E-state index contributed by atoms with van der Waals surface area (Å²) >= 11 is 0. The van der Waals surface area contributed by atoms with Crippen LogP contribution >= 0.6 is 0 Å². The Hall–Kier alpha value is -1.04. The molecule has 2 rings (SSSR count). The molecule has 0 amide bonds. The lowest BCUT2D eigenvalue weighted by Crippen LogP contribution is -2.39. The van der Waals surface area contributed by atoms with Gasteiger partial charge in [0.25, 0.3) is 0 Å². The second-order valence-electron chi connectivity index (χ2n) is 5.46. The van der Waals surface area contributed by atoms with Gasteiger partial charge in [-0.2, -0.15) is 18.3 Å². The highest BCUT2D eigenvalue weighted by molar-refractivity contribution is 5.10. The van der Waals surface area contributed by atoms with Crippen molar-refractivity contribution >= 4 is 0 Å². The second kappa shape index (κ2) is 5.53. The van der Waals surface area contributed by atoms with Gasteiger partial charge in [-0.05, 0) is 45.8 Å². The largest absolute Gasteiger partial charge is 0.401 e. The fourth-order valence-corrected chi connectivity index (χ4v) is 2.72. The molecule has 1 fully saturated rings. The van der Waals surface area contributed by atoms with Crippen LogP contribution in [0.2, 0.25) is 0 Å². The second-order valence-corrected chi connectivity index (χ2v) is 5.46. The minimum absolute atomic E-state index is 0.290. The van der Waals surface area contributed by atoms with Crippen LogP contribution in [-0.4, -0.2) is 40.5 Å². The first-order valence-corrected chi connectivity index (χ1v) is 6.69. The summed E-state index contributed by atoms with van der Waals surface area (Å²) in [5.41, 5.74) is 1.15. The molecule has 2 heterocycles. The summed E-state index contributed by atoms with van der Waals surface area (Å²) in [5, 5.41) is 4.29. The van der Waals surface area contributed by atoms with Crippen molar-refractivity contribution in [2.45, 2.75) is 44.8 Å². The van der Waals surface area contributed by atoms with Crippen molar-refractivity contribution in [2.75, 3.05) is 19.6 Å². The van der Waals surface area contributed by atoms with Gasteiger partial charge in [-0.25, -0.2) is 0 Å². The first kappa shape index (κ1) is 14.4. The van der Waals surface area contributed by atoms with Gasteiger partial charge in [-0.1, -0.05) is 0 Å². The third-order valence-corrected chi connectivity index (χ3v) is 3.60. The number of hydrogen-bond donors (Lipinski definition) is 0. The number of halogens is 3. The number of aromatic nitrogens is 2. The van der Waals surface area contributed by atoms with Crippen molar-refractivity contribution in [2.24, 2.45) is 0 Å². The van der Waals surface area contributed by atoms with Crippen LogP contribution in [0.4, 0.5) is 13.2 Å². The predicted molar refractivity (Wildman–Crippen MR) is 67.1 cm³/mol. The molecule has 0 unspecified atom stereocenters. The van der Waals surface area contributed by atoms with E-state index in [0.717, 1.165) is 18.5 Å². The molecule has 0 radical (unpaired) electrons. The van der Waals surface area contributed by atoms with Gasteiger partial charge in [0, 0.05) is 23.9 Å². The number of nitrogens with zero attached hydrogens (tertiary/aromatic N) is 3. The van der Waals surface area contributed by atoms with E-state index in [1.807, 2.05) is 10.7 Å². The lowest BCUT2D eigenvalue weighted by molar-refractivity contribution is -0.148. The lowest BCUT2D eigenvalue weighted by atomic mass is 9.93. The van der Waals surface area contributed by atoms with Gasteiger partial charge in [0.2, 0.25) is 0 Å². The topological polar surface area (TPSA) is 21.1 Å². The molecule has 1 aliphatic heterocycles. The molecule has 1 aromatic rings. The van der Waals surface area contributed by atoms with Crippen LogP contribution in [0.15, 0.2) is 12.3 Å². The van der Waals surface area contributed by atoms with Gasteiger partial charge in [0.05, 0.1) is 6.54 Å². The molecule has 1 saturated heterocycles. The van der Waals surface area contributed by atoms with Crippen LogP contribution in [0.3, 0.4) is 0 Å². The quantitative estimate of drug-likeness (QED) is 0.844. The Balaban J connectivity index is 1.94. The van der Waals surface area contributed by atoms with E-state index in [1.165, 1.54) is 4.90 Å². The van der Waals surface area contributed by atoms with E-state index < -0.39 is 12.7 Å². The average Bonchev–Trinajstić information content (AvgIpc) is 2.76. The van der Waals surface area contributed by atoms with Crippen molar-refractivity contribution in [3.63, 3.8) is 0 Å². The molecule has 0 aromatic carbocycles. The first-order chi connectivity index (χ1) is 8.87. The average molecular weight is 275 g/mol. The van der Waals surface area contributed by atoms with Crippen LogP contribution in [0.5, 0.6) is 0 Å². The van der Waals surface area contributed by atoms with Gasteiger partial charge in [-0.3, -0.25) is 9.58 Å². The number of piperidine rings is 1. The summed E-state index contributed by atoms with van der Waals surface area (Å²) in [4.78, 5) is 1.49. The Morgan fingerprint density at radius 2 is 1.95 bits per heavy atom. The standard InChI is InChI=1S/C13H20F3N3/c1-10(2)19-12(3-6-17-19)11-4-7-18(8-5-11)9-13(14,15)16/h3,6,10-11H,4-5,7-9H2,1-2H3. The van der Waals surface area contributed by atoms with E-state index in [1.54, 1.807) is 6.20 Å². The van der Waals surface area contributed by atoms with Gasteiger partial charge in [0.1, 0.15) is 0 Å². The third kappa shape index (κ3) is 3.72. The van der Waals surface area contributed by atoms with Gasteiger partial charge >= 0.3 is 6.18 Å². The van der Waals surface area contributed by atoms with E-state index in [2.05, 4.69) is 18.9 Å². The summed E-state index contributed by atoms with van der Waals surface area (Å²) in [7, 11) is 0. The summed E-state index contributed by atoms with van der Waals surface area (Å²) in [6, 6.07) is 2.28. The summed E-state index contributed by atoms with van der Waals surface area (Å²) < 4.78 is 39.0. The van der Waals surface area contributed by atoms with E-state index >= 15 is 0 Å². The highest BCUT2D eigenvalue weighted by Crippen LogP contribution is 2.30. The zero-order valence-corrected chi connectivity index (χ0v) is 11.3. The highest BCUT2D eigenvalue weighted by atomic mass is 19.4. The van der Waals surface area contributed by atoms with E-state index in [4.69, 9.17) is 0 Å². The molecule has 6 heteroatoms. The van der Waals surface area contributed by atoms with Crippen LogP contribution < -0.4 is 0 Å². The van der Waals surface area contributed by atoms with E-state index in [0.29, 0.717) is 25.0 Å². The van der Waals surface area contributed by atoms with Crippen molar-refractivity contribution in [1.82, 2.24) is 14.7 Å². The summed E-state index contributed by atoms with van der Waals surface area (Å²) in [5.74, 6) is 0.328. The number of rotatable bonds is 3. The van der Waals surface area contributed by atoms with Gasteiger partial charge < -0.3 is 0 Å². The fourth-order valence-electron chi connectivity index (χ4n) is 2.72. The Labute approximate surface area is 111 Å². The Morgan fingerprint density at radius 1 is 1.32 bits per heavy atom. The van der Waals surface area contributed by atoms with Crippen molar-refractivity contribution < 1.29 is 13.2 Å². The molecule has 1 aliphatic rings. The number of likely N-dealkylation sites (tertiary alicyclic amines) is 1. The molecule has 108 valence electrons. The SMILES string of the molecule is CC(C)n1nccc1C1CCN(CC(F)(F)F)CC1. The van der Waals surface area contributed by atoms with Gasteiger partial charge in [0.15, 0.2) is 0 Å². The molecule has 0 atom stereocenters. The maximum absolute atomic E-state index is 12.3. The zero-order chi connectivity index (χ0) is 14.0. The molecule has 0 saturated carbocycles. The molecule has 0 spiro atoms. The highest BCUT2D eigenvalue weighted by Gasteiger charge is 2.33. The minimum atomic E-state index is -4.09. The van der Waals surface area contributed by atoms with Crippen molar-refractivity contribution in [3.8, 4) is 0 Å². The third-order valence-electron chi connectivity index (χ3n) is 3.60. The molecule has 0 N–H and O–H groups in total. The monoisotopic (exact) mass is 275 g/mol. The molecule has 0 aliphatic carbocycles. The molecule has 1 aromatic heterocycles. The van der Waals surface area contributed by atoms with Crippen molar-refractivity contribution in [3.05, 3.63) is 18.0 Å². The normalized spacial score (nSPS) is 19.3. The summed E-state index contributed by atoms with van der Waals surface area (Å²) in [6.07, 6.45) is -0.771. The predicted octanol–water partition coefficient (Wildman–Crippen LogP) is 3.21. The first-order valence-electron chi connectivity index (χ1n) is 6.69. The van der Waals surface area contributed by atoms with Gasteiger partial charge in [-0.15, -0.1) is 0 Å². The van der Waals surface area contributed by atoms with Crippen LogP contribution in [-0.2, 0) is 0 Å². The molecule has 19 heavy (non-hydrogen) atoms. The number of hydrogen-bond acceptors (Lipinski definition) is 2. The maximum Gasteiger partial charge on any atom is 0.401 e. The lowest BCUT2D eigenvalue weighted by Gasteiger charge is -2.32. The molecular weight excluding hydrogens is 255 g/mol. The van der Waals surface area contributed by atoms with E-state index in [-0.39, 0.29) is 0 Å². The number of alkyl halides is 3. The Kier molecular flexibility index (Phi) is 4.18. The molecule has 0 bridgehead atoms. The maximum atomic E-state index is 12.3. The summed E-state index contributed by atoms with van der Waals surface area (Å²) in [6.45, 7) is 4.36. The van der Waals surface area contributed by atoms with Crippen LogP contribution in [0, 0.1) is 0 Å². The Bertz CT molecular complexity index is 404. The van der Waals surface area contributed by atoms with Crippen LogP contribution in [0.1, 0.15) is 44.3 Å². The zero-order valence-electron chi connectivity index (χ0n) is 11.3. The minimum Gasteiger partial charge on any atom is -0.295 e. The fraction of sp³-hybridized carbons (Fsp3) is 0.769. The molecular formula is C13H20F3N3. The van der Waals surface area contributed by atoms with E-state index in [9.17, 15) is 13.2 Å². The smallest absolute Gasteiger partial charge is 0.295 e. The van der Waals surface area contributed by atoms with Crippen LogP contribution in [0.25, 0.3) is 0 Å². The molecule has 3 nitrogen and oxygen atoms in total. The Morgan fingerprint density at radius 3 is 2.47 bits per heavy atom.